The van der Waals surface area contributed by atoms with E-state index in [9.17, 15) is 9.59 Å². The highest BCUT2D eigenvalue weighted by atomic mass is 16.6. The quantitative estimate of drug-likeness (QED) is 0.649. The number of aromatic nitrogens is 2. The second-order valence-electron chi connectivity index (χ2n) is 8.33. The van der Waals surface area contributed by atoms with Gasteiger partial charge in [-0.25, -0.2) is 4.68 Å². The van der Waals surface area contributed by atoms with Crippen LogP contribution >= 0.6 is 0 Å². The first kappa shape index (κ1) is 21.1. The summed E-state index contributed by atoms with van der Waals surface area (Å²) in [5, 5.41) is 7.36. The average molecular weight is 447 g/mol. The number of amides is 1. The first-order valence-corrected chi connectivity index (χ1v) is 11.2. The number of ether oxygens (including phenoxy) is 2. The molecule has 3 heterocycles. The molecule has 1 aromatic heterocycles. The number of rotatable bonds is 5. The molecular weight excluding hydrogens is 420 g/mol. The lowest BCUT2D eigenvalue weighted by atomic mass is 9.96. The van der Waals surface area contributed by atoms with Gasteiger partial charge < -0.3 is 19.7 Å². The molecule has 2 aromatic carbocycles. The van der Waals surface area contributed by atoms with Crippen molar-refractivity contribution in [1.29, 1.82) is 0 Å². The summed E-state index contributed by atoms with van der Waals surface area (Å²) in [4.78, 5) is 27.6. The molecule has 5 rings (SSSR count). The van der Waals surface area contributed by atoms with E-state index in [1.807, 2.05) is 42.5 Å². The molecule has 8 heteroatoms. The first-order chi connectivity index (χ1) is 16.2. The summed E-state index contributed by atoms with van der Waals surface area (Å²) in [6.45, 7) is 2.79. The molecule has 1 N–H and O–H groups in total. The summed E-state index contributed by atoms with van der Waals surface area (Å²) >= 11 is 0. The number of carbonyl (C=O) groups excluding carboxylic acids is 1. The Morgan fingerprint density at radius 1 is 1.06 bits per heavy atom. The topological polar surface area (TPSA) is 85.7 Å². The molecule has 0 aliphatic carbocycles. The fourth-order valence-corrected chi connectivity index (χ4v) is 4.26. The molecular formula is C25H26N4O4. The number of piperidine rings is 1. The molecule has 1 amide bonds. The predicted molar refractivity (Wildman–Crippen MR) is 125 cm³/mol. The highest BCUT2D eigenvalue weighted by Gasteiger charge is 2.27. The van der Waals surface area contributed by atoms with E-state index >= 15 is 0 Å². The third-order valence-electron chi connectivity index (χ3n) is 6.00. The zero-order valence-corrected chi connectivity index (χ0v) is 18.3. The number of nitrogens with zero attached hydrogens (tertiary/aromatic N) is 3. The molecule has 3 aromatic rings. The van der Waals surface area contributed by atoms with Crippen LogP contribution in [0.5, 0.6) is 11.5 Å². The Balaban J connectivity index is 1.24. The second-order valence-corrected chi connectivity index (χ2v) is 8.33. The Hall–Kier alpha value is -3.81. The van der Waals surface area contributed by atoms with Crippen molar-refractivity contribution in [2.75, 3.05) is 36.5 Å². The van der Waals surface area contributed by atoms with Crippen molar-refractivity contribution in [3.63, 3.8) is 0 Å². The maximum absolute atomic E-state index is 12.9. The van der Waals surface area contributed by atoms with Gasteiger partial charge in [0.15, 0.2) is 11.5 Å². The van der Waals surface area contributed by atoms with Gasteiger partial charge in [-0.05, 0) is 30.5 Å². The summed E-state index contributed by atoms with van der Waals surface area (Å²) in [7, 11) is 0. The Morgan fingerprint density at radius 2 is 1.88 bits per heavy atom. The van der Waals surface area contributed by atoms with Gasteiger partial charge in [0, 0.05) is 30.9 Å². The SMILES string of the molecule is O=C(Nc1ccc2c(c1)OCCO2)C1CCCN(c2cnn(Cc3ccccc3)c(=O)c2)C1. The van der Waals surface area contributed by atoms with Gasteiger partial charge in [-0.1, -0.05) is 30.3 Å². The van der Waals surface area contributed by atoms with Crippen molar-refractivity contribution in [1.82, 2.24) is 9.78 Å². The number of hydrogen-bond acceptors (Lipinski definition) is 6. The lowest BCUT2D eigenvalue weighted by Crippen LogP contribution is -2.41. The molecule has 33 heavy (non-hydrogen) atoms. The molecule has 1 saturated heterocycles. The summed E-state index contributed by atoms with van der Waals surface area (Å²) in [6.07, 6.45) is 3.38. The lowest BCUT2D eigenvalue weighted by molar-refractivity contribution is -0.120. The van der Waals surface area contributed by atoms with Crippen LogP contribution in [0.15, 0.2) is 65.6 Å². The normalized spacial score (nSPS) is 17.5. The smallest absolute Gasteiger partial charge is 0.269 e. The van der Waals surface area contributed by atoms with E-state index in [1.54, 1.807) is 18.3 Å². The number of carbonyl (C=O) groups is 1. The molecule has 0 saturated carbocycles. The molecule has 0 spiro atoms. The molecule has 2 aliphatic rings. The zero-order valence-electron chi connectivity index (χ0n) is 18.3. The van der Waals surface area contributed by atoms with Gasteiger partial charge in [-0.3, -0.25) is 9.59 Å². The minimum absolute atomic E-state index is 0.0400. The van der Waals surface area contributed by atoms with E-state index in [0.29, 0.717) is 43.5 Å². The van der Waals surface area contributed by atoms with Crippen molar-refractivity contribution < 1.29 is 14.3 Å². The van der Waals surface area contributed by atoms with Crippen molar-refractivity contribution in [2.45, 2.75) is 19.4 Å². The average Bonchev–Trinajstić information content (AvgIpc) is 2.86. The maximum atomic E-state index is 12.9. The highest BCUT2D eigenvalue weighted by Crippen LogP contribution is 2.33. The molecule has 170 valence electrons. The van der Waals surface area contributed by atoms with Gasteiger partial charge in [0.25, 0.3) is 5.56 Å². The minimum Gasteiger partial charge on any atom is -0.486 e. The Labute approximate surface area is 191 Å². The molecule has 0 radical (unpaired) electrons. The zero-order chi connectivity index (χ0) is 22.6. The van der Waals surface area contributed by atoms with Crippen LogP contribution in [0.25, 0.3) is 0 Å². The van der Waals surface area contributed by atoms with Crippen LogP contribution in [-0.4, -0.2) is 42.0 Å². The molecule has 1 atom stereocenters. The largest absolute Gasteiger partial charge is 0.486 e. The van der Waals surface area contributed by atoms with E-state index in [-0.39, 0.29) is 17.4 Å². The number of nitrogens with one attached hydrogen (secondary N) is 1. The third kappa shape index (κ3) is 4.84. The van der Waals surface area contributed by atoms with Crippen LogP contribution in [-0.2, 0) is 11.3 Å². The van der Waals surface area contributed by atoms with E-state index in [0.717, 1.165) is 30.6 Å². The predicted octanol–water partition coefficient (Wildman–Crippen LogP) is 2.92. The van der Waals surface area contributed by atoms with Crippen molar-refractivity contribution in [2.24, 2.45) is 5.92 Å². The third-order valence-corrected chi connectivity index (χ3v) is 6.00. The van der Waals surface area contributed by atoms with Gasteiger partial charge in [0.2, 0.25) is 5.91 Å². The van der Waals surface area contributed by atoms with Crippen LogP contribution in [0, 0.1) is 5.92 Å². The summed E-state index contributed by atoms with van der Waals surface area (Å²) < 4.78 is 12.6. The van der Waals surface area contributed by atoms with E-state index < -0.39 is 0 Å². The molecule has 0 bridgehead atoms. The summed E-state index contributed by atoms with van der Waals surface area (Å²) in [5.74, 6) is 1.12. The van der Waals surface area contributed by atoms with Crippen LogP contribution in [0.2, 0.25) is 0 Å². The van der Waals surface area contributed by atoms with Crippen LogP contribution < -0.4 is 25.2 Å². The number of hydrogen-bond donors (Lipinski definition) is 1. The minimum atomic E-state index is -0.182. The van der Waals surface area contributed by atoms with Gasteiger partial charge in [-0.15, -0.1) is 0 Å². The summed E-state index contributed by atoms with van der Waals surface area (Å²) in [5.41, 5.74) is 2.31. The van der Waals surface area contributed by atoms with Gasteiger partial charge in [0.05, 0.1) is 24.3 Å². The van der Waals surface area contributed by atoms with E-state index in [1.165, 1.54) is 4.68 Å². The van der Waals surface area contributed by atoms with Crippen molar-refractivity contribution >= 4 is 17.3 Å². The van der Waals surface area contributed by atoms with Crippen molar-refractivity contribution in [3.05, 3.63) is 76.7 Å². The lowest BCUT2D eigenvalue weighted by Gasteiger charge is -2.33. The fraction of sp³-hybridized carbons (Fsp3) is 0.320. The first-order valence-electron chi connectivity index (χ1n) is 11.2. The highest BCUT2D eigenvalue weighted by molar-refractivity contribution is 5.93. The molecule has 1 fully saturated rings. The Morgan fingerprint density at radius 3 is 2.70 bits per heavy atom. The monoisotopic (exact) mass is 446 g/mol. The fourth-order valence-electron chi connectivity index (χ4n) is 4.26. The second kappa shape index (κ2) is 9.36. The molecule has 8 nitrogen and oxygen atoms in total. The Bertz CT molecular complexity index is 1190. The van der Waals surface area contributed by atoms with Crippen LogP contribution in [0.3, 0.4) is 0 Å². The van der Waals surface area contributed by atoms with Gasteiger partial charge in [-0.2, -0.15) is 5.10 Å². The van der Waals surface area contributed by atoms with E-state index in [2.05, 4.69) is 15.3 Å². The number of fused-ring (bicyclic) bond motifs is 1. The van der Waals surface area contributed by atoms with E-state index in [4.69, 9.17) is 9.47 Å². The molecule has 2 aliphatic heterocycles. The summed E-state index contributed by atoms with van der Waals surface area (Å²) in [6, 6.07) is 16.8. The van der Waals surface area contributed by atoms with Gasteiger partial charge in [0.1, 0.15) is 13.2 Å². The number of anilines is 2. The Kier molecular flexibility index (Phi) is 5.97. The van der Waals surface area contributed by atoms with Crippen LogP contribution in [0.4, 0.5) is 11.4 Å². The van der Waals surface area contributed by atoms with Crippen molar-refractivity contribution in [3.8, 4) is 11.5 Å². The number of benzene rings is 2. The standard InChI is InChI=1S/C25H26N4O4/c30-24-14-21(15-26-29(24)16-18-5-2-1-3-6-18)28-10-4-7-19(17-28)25(31)27-20-8-9-22-23(13-20)33-12-11-32-22/h1-3,5-6,8-9,13-15,19H,4,7,10-12,16-17H2,(H,27,31). The maximum Gasteiger partial charge on any atom is 0.269 e. The van der Waals surface area contributed by atoms with Crippen LogP contribution in [0.1, 0.15) is 18.4 Å². The van der Waals surface area contributed by atoms with Gasteiger partial charge >= 0.3 is 0 Å². The molecule has 1 unspecified atom stereocenters.